The third-order valence-electron chi connectivity index (χ3n) is 11.5. The lowest BCUT2D eigenvalue weighted by Gasteiger charge is -2.31. The third kappa shape index (κ3) is 10.1. The number of amidine groups is 1. The first-order valence-corrected chi connectivity index (χ1v) is 24.5. The predicted octanol–water partition coefficient (Wildman–Crippen LogP) is 7.20. The minimum absolute atomic E-state index is 0.0637. The van der Waals surface area contributed by atoms with Crippen molar-refractivity contribution < 1.29 is 53.4 Å². The normalized spacial score (nSPS) is 17.8. The lowest BCUT2D eigenvalue weighted by molar-refractivity contribution is -0.683. The van der Waals surface area contributed by atoms with Gasteiger partial charge in [-0.25, -0.2) is 9.56 Å². The number of allylic oxidation sites excluding steroid dienone is 6. The summed E-state index contributed by atoms with van der Waals surface area (Å²) in [6.45, 7) is 11.9. The largest absolute Gasteiger partial charge is 0.481 e. The first-order chi connectivity index (χ1) is 28.8. The molecule has 0 saturated heterocycles. The zero-order valence-corrected chi connectivity index (χ0v) is 37.8. The van der Waals surface area contributed by atoms with Crippen molar-refractivity contribution in [2.75, 3.05) is 12.3 Å². The van der Waals surface area contributed by atoms with Gasteiger partial charge in [0.2, 0.25) is 0 Å². The number of carboxylic acids is 1. The number of benzene rings is 2. The lowest BCUT2D eigenvalue weighted by Crippen LogP contribution is -2.36. The molecule has 0 saturated carbocycles. The molecule has 4 heterocycles. The quantitative estimate of drug-likeness (QED) is 0.0635. The van der Waals surface area contributed by atoms with E-state index in [1.165, 1.54) is 12.1 Å². The van der Waals surface area contributed by atoms with Gasteiger partial charge in [-0.2, -0.15) is 25.3 Å². The molecule has 3 aromatic rings. The number of carboxylic acid groups (broad SMARTS) is 1. The molecule has 0 spiro atoms. The molecule has 0 fully saturated rings. The molecule has 330 valence electrons. The number of carbonyl (C=O) groups is 1. The minimum Gasteiger partial charge on any atom is -0.481 e. The maximum Gasteiger partial charge on any atom is 0.327 e. The number of aliphatic carboxylic acids is 1. The van der Waals surface area contributed by atoms with Crippen molar-refractivity contribution >= 4 is 59.3 Å². The average molecular weight is 908 g/mol. The molecule has 2 aromatic carbocycles. The van der Waals surface area contributed by atoms with Gasteiger partial charge in [0.1, 0.15) is 5.84 Å². The molecule has 0 amide bonds. The number of hydrogen-bond acceptors (Lipinski definition) is 10. The van der Waals surface area contributed by atoms with E-state index in [4.69, 9.17) is 15.1 Å². The molecule has 62 heavy (non-hydrogen) atoms. The number of unbranched alkanes of at least 4 members (excludes halogenated alkanes) is 2. The molecule has 15 nitrogen and oxygen atoms in total. The second kappa shape index (κ2) is 17.2. The first-order valence-electron chi connectivity index (χ1n) is 20.0. The molecule has 3 aliphatic rings. The van der Waals surface area contributed by atoms with E-state index < -0.39 is 52.9 Å². The Hall–Kier alpha value is -5.11. The van der Waals surface area contributed by atoms with Crippen LogP contribution in [0.1, 0.15) is 82.1 Å². The zero-order valence-electron chi connectivity index (χ0n) is 35.3. The highest BCUT2D eigenvalue weighted by atomic mass is 32.2. The van der Waals surface area contributed by atoms with Crippen LogP contribution in [0.25, 0.3) is 16.7 Å². The highest BCUT2D eigenvalue weighted by Gasteiger charge is 2.44. The van der Waals surface area contributed by atoms with Gasteiger partial charge in [-0.1, -0.05) is 50.6 Å². The molecule has 4 N–H and O–H groups in total. The fraction of sp³-hybridized carbons (Fsp3) is 0.364. The van der Waals surface area contributed by atoms with Gasteiger partial charge in [-0.15, -0.1) is 0 Å². The molecule has 18 heteroatoms. The van der Waals surface area contributed by atoms with Crippen molar-refractivity contribution in [2.24, 2.45) is 15.4 Å². The Balaban J connectivity index is 1.36. The standard InChI is InChI=1S/C44H50N4O11S3/c1-28-15-17-30(24-36(28)61(54,55)56)32-22-34-41(47(26-32)19-9-7-8-14-40(49)50)45-38(43(34,3)4)12-10-13-39-44(5,6)35-23-33(31-18-16-29(2)37(25-31)62(57,58)59)27-48(42(35)46-39)20-11-21-60(51,52)53/h10,12-13,15-18,22-27H,7-9,11,14,19-21H2,1-6H3,(H3-,49,50,51,52,53,54,55,56,57,58,59)/p+1. The second-order valence-corrected chi connectivity index (χ2v) is 21.2. The summed E-state index contributed by atoms with van der Waals surface area (Å²) in [6, 6.07) is 11.5. The van der Waals surface area contributed by atoms with Crippen LogP contribution in [0.5, 0.6) is 0 Å². The van der Waals surface area contributed by atoms with E-state index in [2.05, 4.69) is 0 Å². The molecule has 0 aliphatic carbocycles. The molecule has 0 radical (unpaired) electrons. The van der Waals surface area contributed by atoms with Gasteiger partial charge >= 0.3 is 11.8 Å². The summed E-state index contributed by atoms with van der Waals surface area (Å²) in [4.78, 5) is 22.8. The first kappa shape index (κ1) is 46.4. The van der Waals surface area contributed by atoms with Crippen LogP contribution in [0.2, 0.25) is 0 Å². The van der Waals surface area contributed by atoms with Gasteiger partial charge in [0.25, 0.3) is 30.4 Å². The van der Waals surface area contributed by atoms with E-state index in [1.54, 1.807) is 48.9 Å². The van der Waals surface area contributed by atoms with Crippen molar-refractivity contribution in [1.82, 2.24) is 4.90 Å². The van der Waals surface area contributed by atoms with Crippen LogP contribution in [-0.2, 0) is 47.1 Å². The van der Waals surface area contributed by atoms with Crippen molar-refractivity contribution in [3.63, 3.8) is 0 Å². The van der Waals surface area contributed by atoms with Crippen molar-refractivity contribution in [1.29, 1.82) is 0 Å². The van der Waals surface area contributed by atoms with E-state index in [0.717, 1.165) is 16.8 Å². The molecule has 3 aliphatic heterocycles. The zero-order chi connectivity index (χ0) is 45.6. The molecule has 0 unspecified atom stereocenters. The summed E-state index contributed by atoms with van der Waals surface area (Å²) >= 11 is 0. The maximum atomic E-state index is 12.2. The van der Waals surface area contributed by atoms with E-state index in [1.807, 2.05) is 69.2 Å². The number of fused-ring (bicyclic) bond motifs is 2. The van der Waals surface area contributed by atoms with Gasteiger partial charge in [-0.3, -0.25) is 18.5 Å². The Morgan fingerprint density at radius 2 is 1.42 bits per heavy atom. The van der Waals surface area contributed by atoms with Crippen LogP contribution in [0, 0.1) is 19.3 Å². The van der Waals surface area contributed by atoms with Gasteiger partial charge in [0, 0.05) is 42.1 Å². The Kier molecular flexibility index (Phi) is 12.9. The number of hydrogen-bond donors (Lipinski definition) is 4. The summed E-state index contributed by atoms with van der Waals surface area (Å²) in [6.07, 6.45) is 13.2. The maximum absolute atomic E-state index is 12.2. The predicted molar refractivity (Wildman–Crippen MR) is 236 cm³/mol. The van der Waals surface area contributed by atoms with Crippen LogP contribution < -0.4 is 4.57 Å². The lowest BCUT2D eigenvalue weighted by atomic mass is 9.79. The van der Waals surface area contributed by atoms with Crippen molar-refractivity contribution in [3.8, 4) is 11.1 Å². The van der Waals surface area contributed by atoms with Gasteiger partial charge in [0.05, 0.1) is 45.0 Å². The van der Waals surface area contributed by atoms with Gasteiger partial charge in [-0.05, 0) is 110 Å². The molecular weight excluding hydrogens is 857 g/mol. The molecule has 6 rings (SSSR count). The van der Waals surface area contributed by atoms with E-state index in [9.17, 15) is 43.7 Å². The van der Waals surface area contributed by atoms with E-state index in [-0.39, 0.29) is 29.2 Å². The van der Waals surface area contributed by atoms with Crippen molar-refractivity contribution in [3.05, 3.63) is 113 Å². The highest BCUT2D eigenvalue weighted by Crippen LogP contribution is 2.47. The molecule has 0 bridgehead atoms. The number of aromatic nitrogens is 1. The van der Waals surface area contributed by atoms with Gasteiger partial charge in [0.15, 0.2) is 5.71 Å². The Morgan fingerprint density at radius 1 is 0.790 bits per heavy atom. The van der Waals surface area contributed by atoms with E-state index in [0.29, 0.717) is 76.6 Å². The summed E-state index contributed by atoms with van der Waals surface area (Å²) in [5, 5.41) is 9.13. The second-order valence-electron chi connectivity index (χ2n) is 16.8. The van der Waals surface area contributed by atoms with Gasteiger partial charge < -0.3 is 10.0 Å². The SMILES string of the molecule is Cc1ccc(C2=CN(CCCCCC(=O)O)C3=N/C(=C\C=C\C4=Nc5c(cc(-c6ccc(C)c(S(=O)(=O)O)c6)c[n+]5CCCS(=O)(=O)O)C4(C)C)C(C)(C)C3=C2)cc1S(=O)(=O)O. The molecular formula is C44H51N4O11S3+. The highest BCUT2D eigenvalue weighted by molar-refractivity contribution is 7.86. The summed E-state index contributed by atoms with van der Waals surface area (Å²) in [5.41, 5.74) is 4.92. The van der Waals surface area contributed by atoms with Crippen LogP contribution in [-0.4, -0.2) is 78.7 Å². The minimum atomic E-state index is -4.52. The number of aryl methyl sites for hydroxylation is 3. The van der Waals surface area contributed by atoms with Crippen LogP contribution >= 0.6 is 0 Å². The van der Waals surface area contributed by atoms with E-state index >= 15 is 0 Å². The topological polar surface area (TPSA) is 232 Å². The fourth-order valence-corrected chi connectivity index (χ4v) is 9.88. The Labute approximate surface area is 362 Å². The molecule has 0 atom stereocenters. The molecule has 1 aromatic heterocycles. The Bertz CT molecular complexity index is 2890. The summed E-state index contributed by atoms with van der Waals surface area (Å²) < 4.78 is 103. The number of rotatable bonds is 16. The number of aliphatic imine (C=N–C) groups is 2. The van der Waals surface area contributed by atoms with Crippen LogP contribution in [0.15, 0.2) is 110 Å². The average Bonchev–Trinajstić information content (AvgIpc) is 3.57. The van der Waals surface area contributed by atoms with Crippen LogP contribution in [0.4, 0.5) is 5.82 Å². The smallest absolute Gasteiger partial charge is 0.327 e. The van der Waals surface area contributed by atoms with Crippen LogP contribution in [0.3, 0.4) is 0 Å². The third-order valence-corrected chi connectivity index (χ3v) is 14.3. The summed E-state index contributed by atoms with van der Waals surface area (Å²) in [5.74, 6) is -0.0684. The monoisotopic (exact) mass is 907 g/mol. The number of nitrogens with zero attached hydrogens (tertiary/aromatic N) is 4. The fourth-order valence-electron chi connectivity index (χ4n) is 7.88. The Morgan fingerprint density at radius 3 is 2.03 bits per heavy atom. The number of pyridine rings is 1. The van der Waals surface area contributed by atoms with Crippen molar-refractivity contribution in [2.45, 2.75) is 95.4 Å². The summed E-state index contributed by atoms with van der Waals surface area (Å²) in [7, 11) is -13.2.